The average molecular weight is 395 g/mol. The summed E-state index contributed by atoms with van der Waals surface area (Å²) in [5.74, 6) is 0.136. The summed E-state index contributed by atoms with van der Waals surface area (Å²) in [6.45, 7) is 5.85. The Hall–Kier alpha value is -2.70. The van der Waals surface area contributed by atoms with Crippen LogP contribution in [0.25, 0.3) is 0 Å². The third-order valence-corrected chi connectivity index (χ3v) is 7.09. The summed E-state index contributed by atoms with van der Waals surface area (Å²) in [6.07, 6.45) is 6.07. The van der Waals surface area contributed by atoms with E-state index in [-0.39, 0.29) is 41.2 Å². The van der Waals surface area contributed by atoms with Crippen molar-refractivity contribution < 1.29 is 14.5 Å². The summed E-state index contributed by atoms with van der Waals surface area (Å²) < 4.78 is 0. The lowest BCUT2D eigenvalue weighted by molar-refractivity contribution is -0.384. The number of nitro groups is 1. The van der Waals surface area contributed by atoms with Gasteiger partial charge in [-0.15, -0.1) is 0 Å². The molecule has 1 saturated carbocycles. The highest BCUT2D eigenvalue weighted by molar-refractivity contribution is 6.23. The second-order valence-corrected chi connectivity index (χ2v) is 9.29. The van der Waals surface area contributed by atoms with E-state index in [9.17, 15) is 19.7 Å². The minimum Gasteiger partial charge on any atom is -0.365 e. The Balaban J connectivity index is 1.49. The van der Waals surface area contributed by atoms with E-state index >= 15 is 0 Å². The summed E-state index contributed by atoms with van der Waals surface area (Å²) in [5.41, 5.74) is 0.850. The van der Waals surface area contributed by atoms with Crippen LogP contribution in [0.4, 0.5) is 17.1 Å². The molecule has 3 fully saturated rings. The van der Waals surface area contributed by atoms with Crippen molar-refractivity contribution in [2.45, 2.75) is 26.7 Å². The lowest BCUT2D eigenvalue weighted by atomic mass is 9.85. The van der Waals surface area contributed by atoms with E-state index in [2.05, 4.69) is 18.7 Å². The first-order valence-corrected chi connectivity index (χ1v) is 10.4. The monoisotopic (exact) mass is 395 g/mol. The van der Waals surface area contributed by atoms with Crippen LogP contribution in [0.5, 0.6) is 0 Å². The number of allylic oxidation sites excluding steroid dienone is 2. The molecule has 2 saturated heterocycles. The van der Waals surface area contributed by atoms with Crippen LogP contribution >= 0.6 is 0 Å². The molecule has 7 heteroatoms. The van der Waals surface area contributed by atoms with Crippen molar-refractivity contribution in [3.63, 3.8) is 0 Å². The topological polar surface area (TPSA) is 83.8 Å². The molecule has 0 spiro atoms. The number of imide groups is 1. The van der Waals surface area contributed by atoms with Crippen LogP contribution in [0, 0.1) is 45.6 Å². The lowest BCUT2D eigenvalue weighted by Crippen LogP contribution is -2.39. The number of nitrogens with zero attached hydrogens (tertiary/aromatic N) is 3. The van der Waals surface area contributed by atoms with Gasteiger partial charge in [0.05, 0.1) is 22.4 Å². The van der Waals surface area contributed by atoms with Gasteiger partial charge in [-0.1, -0.05) is 26.0 Å². The van der Waals surface area contributed by atoms with Crippen LogP contribution in [-0.4, -0.2) is 29.8 Å². The van der Waals surface area contributed by atoms with Crippen molar-refractivity contribution in [1.82, 2.24) is 0 Å². The van der Waals surface area contributed by atoms with Gasteiger partial charge >= 0.3 is 0 Å². The fourth-order valence-electron chi connectivity index (χ4n) is 6.08. The summed E-state index contributed by atoms with van der Waals surface area (Å²) in [5, 5.41) is 11.8. The molecule has 6 atom stereocenters. The molecule has 2 aliphatic carbocycles. The van der Waals surface area contributed by atoms with Gasteiger partial charge < -0.3 is 4.90 Å². The van der Waals surface area contributed by atoms with Crippen LogP contribution in [-0.2, 0) is 9.59 Å². The van der Waals surface area contributed by atoms with E-state index in [1.807, 2.05) is 12.2 Å². The number of benzene rings is 1. The van der Waals surface area contributed by atoms with Crippen molar-refractivity contribution in [2.75, 3.05) is 22.9 Å². The maximum absolute atomic E-state index is 13.0. The number of anilines is 2. The molecule has 0 radical (unpaired) electrons. The Bertz CT molecular complexity index is 902. The van der Waals surface area contributed by atoms with Gasteiger partial charge in [0.1, 0.15) is 5.69 Å². The Morgan fingerprint density at radius 1 is 0.966 bits per heavy atom. The number of carbonyl (C=O) groups is 2. The van der Waals surface area contributed by atoms with Crippen molar-refractivity contribution in [3.8, 4) is 0 Å². The molecule has 2 heterocycles. The van der Waals surface area contributed by atoms with Crippen LogP contribution < -0.4 is 9.80 Å². The molecular weight excluding hydrogens is 370 g/mol. The maximum atomic E-state index is 13.0. The summed E-state index contributed by atoms with van der Waals surface area (Å²) in [7, 11) is 0. The highest BCUT2D eigenvalue weighted by Crippen LogP contribution is 2.53. The zero-order chi connectivity index (χ0) is 20.4. The largest absolute Gasteiger partial charge is 0.365 e. The van der Waals surface area contributed by atoms with Crippen molar-refractivity contribution in [3.05, 3.63) is 40.5 Å². The number of amides is 2. The second kappa shape index (κ2) is 6.40. The highest BCUT2D eigenvalue weighted by Gasteiger charge is 2.59. The van der Waals surface area contributed by atoms with Gasteiger partial charge in [0.2, 0.25) is 11.8 Å². The number of carbonyl (C=O) groups excluding carboxylic acids is 2. The number of fused-ring (bicyclic) bond motifs is 5. The minimum absolute atomic E-state index is 0.0393. The normalized spacial score (nSPS) is 35.5. The fourth-order valence-corrected chi connectivity index (χ4v) is 6.08. The van der Waals surface area contributed by atoms with Crippen molar-refractivity contribution in [1.29, 1.82) is 0 Å². The zero-order valence-electron chi connectivity index (χ0n) is 16.7. The van der Waals surface area contributed by atoms with Gasteiger partial charge in [-0.2, -0.15) is 0 Å². The van der Waals surface area contributed by atoms with Gasteiger partial charge in [0.15, 0.2) is 0 Å². The smallest absolute Gasteiger partial charge is 0.294 e. The number of rotatable bonds is 3. The predicted octanol–water partition coefficient (Wildman–Crippen LogP) is 3.39. The number of hydrogen-bond acceptors (Lipinski definition) is 5. The highest BCUT2D eigenvalue weighted by atomic mass is 16.6. The summed E-state index contributed by atoms with van der Waals surface area (Å²) >= 11 is 0. The Morgan fingerprint density at radius 3 is 2.10 bits per heavy atom. The lowest BCUT2D eigenvalue weighted by Gasteiger charge is -2.36. The first-order chi connectivity index (χ1) is 13.8. The van der Waals surface area contributed by atoms with E-state index < -0.39 is 4.92 Å². The molecule has 7 nitrogen and oxygen atoms in total. The third-order valence-electron chi connectivity index (χ3n) is 7.09. The molecule has 1 aromatic carbocycles. The molecule has 2 aliphatic heterocycles. The molecule has 29 heavy (non-hydrogen) atoms. The SMILES string of the molecule is C[C@@H]1C[C@H](C)CN(c2ccc(N3C(=O)[C@H]4[C@H](C3=O)[C@H]3C=C[C@H]4C3)cc2[N+](=O)[O-])C1. The molecule has 2 bridgehead atoms. The van der Waals surface area contributed by atoms with E-state index in [1.54, 1.807) is 12.1 Å². The molecular formula is C22H25N3O4. The maximum Gasteiger partial charge on any atom is 0.294 e. The molecule has 0 N–H and O–H groups in total. The standard InChI is InChI=1S/C22H25N3O4/c1-12-7-13(2)11-23(10-12)17-6-5-16(9-18(17)25(28)29)24-21(26)19-14-3-4-15(8-14)20(19)22(24)27/h3-6,9,12-15,19-20H,7-8,10-11H2,1-2H3/t12-,13+,14-,15-,19+,20+/m0/s1. The van der Waals surface area contributed by atoms with Crippen molar-refractivity contribution in [2.24, 2.45) is 35.5 Å². The molecule has 5 rings (SSSR count). The fraction of sp³-hybridized carbons (Fsp3) is 0.545. The first kappa shape index (κ1) is 18.3. The summed E-state index contributed by atoms with van der Waals surface area (Å²) in [4.78, 5) is 40.8. The third kappa shape index (κ3) is 2.70. The quantitative estimate of drug-likeness (QED) is 0.339. The molecule has 152 valence electrons. The molecule has 2 amide bonds. The first-order valence-electron chi connectivity index (χ1n) is 10.4. The van der Waals surface area contributed by atoms with E-state index in [1.165, 1.54) is 11.0 Å². The predicted molar refractivity (Wildman–Crippen MR) is 108 cm³/mol. The van der Waals surface area contributed by atoms with Gasteiger partial charge in [-0.25, -0.2) is 4.90 Å². The Morgan fingerprint density at radius 2 is 1.55 bits per heavy atom. The minimum atomic E-state index is -0.403. The van der Waals surface area contributed by atoms with Gasteiger partial charge in [-0.05, 0) is 48.6 Å². The van der Waals surface area contributed by atoms with Crippen molar-refractivity contribution >= 4 is 28.9 Å². The van der Waals surface area contributed by atoms with E-state index in [4.69, 9.17) is 0 Å². The van der Waals surface area contributed by atoms with Gasteiger partial charge in [-0.3, -0.25) is 19.7 Å². The zero-order valence-corrected chi connectivity index (χ0v) is 16.7. The second-order valence-electron chi connectivity index (χ2n) is 9.29. The van der Waals surface area contributed by atoms with E-state index in [0.29, 0.717) is 23.2 Å². The van der Waals surface area contributed by atoms with Gasteiger partial charge in [0, 0.05) is 19.2 Å². The van der Waals surface area contributed by atoms with Crippen LogP contribution in [0.2, 0.25) is 0 Å². The van der Waals surface area contributed by atoms with Crippen LogP contribution in [0.3, 0.4) is 0 Å². The number of piperidine rings is 1. The number of hydrogen-bond donors (Lipinski definition) is 0. The molecule has 4 aliphatic rings. The molecule has 1 aromatic rings. The Labute approximate surface area is 169 Å². The molecule has 0 unspecified atom stereocenters. The van der Waals surface area contributed by atoms with Crippen LogP contribution in [0.1, 0.15) is 26.7 Å². The van der Waals surface area contributed by atoms with Gasteiger partial charge in [0.25, 0.3) is 5.69 Å². The Kier molecular flexibility index (Phi) is 4.05. The summed E-state index contributed by atoms with van der Waals surface area (Å²) in [6, 6.07) is 4.81. The average Bonchev–Trinajstić information content (AvgIpc) is 3.34. The van der Waals surface area contributed by atoms with E-state index in [0.717, 1.165) is 25.9 Å². The number of nitro benzene ring substituents is 1. The molecule has 0 aromatic heterocycles. The van der Waals surface area contributed by atoms with Crippen LogP contribution in [0.15, 0.2) is 30.4 Å².